The van der Waals surface area contributed by atoms with E-state index in [1.165, 1.54) is 0 Å². The molecule has 0 saturated carbocycles. The molecular formula is C22H26N2O2. The van der Waals surface area contributed by atoms with Crippen LogP contribution < -0.4 is 5.32 Å². The molecular weight excluding hydrogens is 324 g/mol. The molecule has 2 aromatic rings. The maximum Gasteiger partial charge on any atom is 0.253 e. The molecule has 2 aromatic carbocycles. The number of rotatable bonds is 3. The van der Waals surface area contributed by atoms with Gasteiger partial charge >= 0.3 is 0 Å². The van der Waals surface area contributed by atoms with Crippen LogP contribution in [0.1, 0.15) is 38.8 Å². The number of piperazine rings is 1. The van der Waals surface area contributed by atoms with Crippen molar-refractivity contribution in [2.24, 2.45) is 5.41 Å². The van der Waals surface area contributed by atoms with Crippen molar-refractivity contribution in [1.82, 2.24) is 10.2 Å². The van der Waals surface area contributed by atoms with Gasteiger partial charge in [0.1, 0.15) is 11.6 Å². The van der Waals surface area contributed by atoms with Crippen LogP contribution in [0.2, 0.25) is 0 Å². The predicted octanol–water partition coefficient (Wildman–Crippen LogP) is 3.48. The average molecular weight is 350 g/mol. The number of amides is 2. The largest absolute Gasteiger partial charge is 0.336 e. The van der Waals surface area contributed by atoms with E-state index in [2.05, 4.69) is 5.32 Å². The van der Waals surface area contributed by atoms with E-state index in [0.717, 1.165) is 11.1 Å². The van der Waals surface area contributed by atoms with Crippen LogP contribution in [0.5, 0.6) is 0 Å². The van der Waals surface area contributed by atoms with Crippen LogP contribution in [0, 0.1) is 5.41 Å². The lowest BCUT2D eigenvalue weighted by Gasteiger charge is -2.48. The van der Waals surface area contributed by atoms with Gasteiger partial charge in [0.25, 0.3) is 5.91 Å². The third-order valence-electron chi connectivity index (χ3n) is 4.99. The monoisotopic (exact) mass is 350 g/mol. The lowest BCUT2D eigenvalue weighted by Crippen LogP contribution is -2.69. The molecule has 2 unspecified atom stereocenters. The number of carbonyl (C=O) groups excluding carboxylic acids is 2. The molecule has 4 nitrogen and oxygen atoms in total. The number of hydrogen-bond acceptors (Lipinski definition) is 2. The van der Waals surface area contributed by atoms with Crippen molar-refractivity contribution < 1.29 is 9.59 Å². The first-order valence-electron chi connectivity index (χ1n) is 8.96. The minimum Gasteiger partial charge on any atom is -0.336 e. The lowest BCUT2D eigenvalue weighted by atomic mass is 9.79. The maximum absolute atomic E-state index is 13.6. The van der Waals surface area contributed by atoms with E-state index in [9.17, 15) is 9.59 Å². The fourth-order valence-electron chi connectivity index (χ4n) is 3.69. The van der Waals surface area contributed by atoms with Gasteiger partial charge in [-0.1, -0.05) is 81.4 Å². The van der Waals surface area contributed by atoms with Gasteiger partial charge < -0.3 is 10.2 Å². The van der Waals surface area contributed by atoms with Gasteiger partial charge in [-0.3, -0.25) is 9.59 Å². The Morgan fingerprint density at radius 1 is 0.962 bits per heavy atom. The second-order valence-electron chi connectivity index (χ2n) is 8.17. The Labute approximate surface area is 155 Å². The molecule has 2 atom stereocenters. The van der Waals surface area contributed by atoms with E-state index < -0.39 is 11.6 Å². The molecule has 2 amide bonds. The first-order chi connectivity index (χ1) is 12.2. The van der Waals surface area contributed by atoms with Crippen LogP contribution in [0.25, 0.3) is 0 Å². The van der Waals surface area contributed by atoms with E-state index >= 15 is 0 Å². The molecule has 0 bridgehead atoms. The number of hydrogen-bond donors (Lipinski definition) is 1. The zero-order valence-corrected chi connectivity index (χ0v) is 15.8. The molecule has 0 radical (unpaired) electrons. The standard InChI is InChI=1S/C22H26N2O2/c1-21(2,3)18-19(25)23-22(4,17-13-9-6-10-14-17)20(26)24(18)15-16-11-7-5-8-12-16/h5-14,18H,15H2,1-4H3,(H,23,25). The van der Waals surface area contributed by atoms with Gasteiger partial charge in [-0.15, -0.1) is 0 Å². The third kappa shape index (κ3) is 3.24. The summed E-state index contributed by atoms with van der Waals surface area (Å²) in [6.45, 7) is 8.19. The number of benzene rings is 2. The van der Waals surface area contributed by atoms with Gasteiger partial charge in [0, 0.05) is 6.54 Å². The van der Waals surface area contributed by atoms with Crippen molar-refractivity contribution in [3.63, 3.8) is 0 Å². The topological polar surface area (TPSA) is 49.4 Å². The summed E-state index contributed by atoms with van der Waals surface area (Å²) in [6, 6.07) is 18.7. The van der Waals surface area contributed by atoms with Crippen molar-refractivity contribution in [1.29, 1.82) is 0 Å². The molecule has 0 spiro atoms. The minimum atomic E-state index is -1.06. The highest BCUT2D eigenvalue weighted by Gasteiger charge is 2.52. The van der Waals surface area contributed by atoms with Gasteiger partial charge in [0.2, 0.25) is 5.91 Å². The third-order valence-corrected chi connectivity index (χ3v) is 4.99. The highest BCUT2D eigenvalue weighted by atomic mass is 16.2. The van der Waals surface area contributed by atoms with Crippen LogP contribution >= 0.6 is 0 Å². The van der Waals surface area contributed by atoms with Crippen molar-refractivity contribution in [2.45, 2.75) is 45.8 Å². The molecule has 1 heterocycles. The van der Waals surface area contributed by atoms with Gasteiger partial charge in [0.15, 0.2) is 0 Å². The zero-order valence-electron chi connectivity index (χ0n) is 15.8. The summed E-state index contributed by atoms with van der Waals surface area (Å²) in [4.78, 5) is 28.4. The Morgan fingerprint density at radius 3 is 2.04 bits per heavy atom. The minimum absolute atomic E-state index is 0.0768. The first-order valence-corrected chi connectivity index (χ1v) is 8.96. The molecule has 0 aromatic heterocycles. The fraction of sp³-hybridized carbons (Fsp3) is 0.364. The summed E-state index contributed by atoms with van der Waals surface area (Å²) in [7, 11) is 0. The molecule has 1 aliphatic heterocycles. The van der Waals surface area contributed by atoms with E-state index in [0.29, 0.717) is 6.54 Å². The Morgan fingerprint density at radius 2 is 1.50 bits per heavy atom. The lowest BCUT2D eigenvalue weighted by molar-refractivity contribution is -0.160. The maximum atomic E-state index is 13.6. The summed E-state index contributed by atoms with van der Waals surface area (Å²) in [6.07, 6.45) is 0. The van der Waals surface area contributed by atoms with Crippen LogP contribution in [0.15, 0.2) is 60.7 Å². The molecule has 1 fully saturated rings. The SMILES string of the molecule is CC1(c2ccccc2)NC(=O)C(C(C)(C)C)N(Cc2ccccc2)C1=O. The molecule has 4 heteroatoms. The molecule has 26 heavy (non-hydrogen) atoms. The van der Waals surface area contributed by atoms with Crippen LogP contribution in [0.4, 0.5) is 0 Å². The number of carbonyl (C=O) groups is 2. The summed E-state index contributed by atoms with van der Waals surface area (Å²) in [5.74, 6) is -0.188. The molecule has 1 aliphatic rings. The Hall–Kier alpha value is -2.62. The fourth-order valence-corrected chi connectivity index (χ4v) is 3.69. The first kappa shape index (κ1) is 18.2. The Bertz CT molecular complexity index is 796. The summed E-state index contributed by atoms with van der Waals surface area (Å²) in [5, 5.41) is 3.00. The van der Waals surface area contributed by atoms with Crippen molar-refractivity contribution >= 4 is 11.8 Å². The van der Waals surface area contributed by atoms with Gasteiger partial charge in [-0.05, 0) is 23.5 Å². The van der Waals surface area contributed by atoms with Crippen LogP contribution in [0.3, 0.4) is 0 Å². The van der Waals surface area contributed by atoms with Gasteiger partial charge in [-0.25, -0.2) is 0 Å². The number of nitrogens with zero attached hydrogens (tertiary/aromatic N) is 1. The van der Waals surface area contributed by atoms with E-state index in [-0.39, 0.29) is 17.2 Å². The predicted molar refractivity (Wildman–Crippen MR) is 102 cm³/mol. The summed E-state index contributed by atoms with van der Waals surface area (Å²) >= 11 is 0. The molecule has 3 rings (SSSR count). The Balaban J connectivity index is 2.05. The average Bonchev–Trinajstić information content (AvgIpc) is 2.60. The highest BCUT2D eigenvalue weighted by molar-refractivity contribution is 6.00. The van der Waals surface area contributed by atoms with Gasteiger partial charge in [-0.2, -0.15) is 0 Å². The molecule has 0 aliphatic carbocycles. The second kappa shape index (κ2) is 6.60. The molecule has 1 N–H and O–H groups in total. The smallest absolute Gasteiger partial charge is 0.253 e. The second-order valence-corrected chi connectivity index (χ2v) is 8.17. The van der Waals surface area contributed by atoms with Crippen molar-refractivity contribution in [2.75, 3.05) is 0 Å². The van der Waals surface area contributed by atoms with Gasteiger partial charge in [0.05, 0.1) is 0 Å². The van der Waals surface area contributed by atoms with Crippen LogP contribution in [-0.4, -0.2) is 22.8 Å². The van der Waals surface area contributed by atoms with Crippen LogP contribution in [-0.2, 0) is 21.7 Å². The van der Waals surface area contributed by atoms with E-state index in [4.69, 9.17) is 0 Å². The molecule has 136 valence electrons. The zero-order chi connectivity index (χ0) is 18.9. The van der Waals surface area contributed by atoms with Crippen molar-refractivity contribution in [3.8, 4) is 0 Å². The highest BCUT2D eigenvalue weighted by Crippen LogP contribution is 2.35. The normalized spacial score (nSPS) is 23.7. The molecule has 1 saturated heterocycles. The number of nitrogens with one attached hydrogen (secondary N) is 1. The Kier molecular flexibility index (Phi) is 4.61. The van der Waals surface area contributed by atoms with Crippen molar-refractivity contribution in [3.05, 3.63) is 71.8 Å². The quantitative estimate of drug-likeness (QED) is 0.921. The summed E-state index contributed by atoms with van der Waals surface area (Å²) < 4.78 is 0. The van der Waals surface area contributed by atoms with E-state index in [1.807, 2.05) is 81.4 Å². The summed E-state index contributed by atoms with van der Waals surface area (Å²) in [5.41, 5.74) is 0.380. The van der Waals surface area contributed by atoms with E-state index in [1.54, 1.807) is 11.8 Å².